The molecule has 1 amide bonds. The van der Waals surface area contributed by atoms with Gasteiger partial charge >= 0.3 is 0 Å². The molecule has 1 rings (SSSR count). The van der Waals surface area contributed by atoms with Crippen LogP contribution in [0.15, 0.2) is 0 Å². The fourth-order valence-corrected chi connectivity index (χ4v) is 3.65. The van der Waals surface area contributed by atoms with E-state index < -0.39 is 0 Å². The van der Waals surface area contributed by atoms with E-state index in [-0.39, 0.29) is 11.9 Å². The number of rotatable bonds is 10. The normalized spacial score (nSPS) is 18.9. The van der Waals surface area contributed by atoms with Crippen molar-refractivity contribution >= 4 is 5.91 Å². The van der Waals surface area contributed by atoms with Crippen LogP contribution in [-0.4, -0.2) is 25.0 Å². The highest BCUT2D eigenvalue weighted by molar-refractivity contribution is 5.81. The lowest BCUT2D eigenvalue weighted by Crippen LogP contribution is -2.46. The van der Waals surface area contributed by atoms with Gasteiger partial charge in [0.1, 0.15) is 0 Å². The molecule has 0 radical (unpaired) electrons. The molecular formula is C18H36N2O. The maximum absolute atomic E-state index is 12.1. The van der Waals surface area contributed by atoms with Crippen LogP contribution in [0.25, 0.3) is 0 Å². The summed E-state index contributed by atoms with van der Waals surface area (Å²) in [4.78, 5) is 12.1. The van der Waals surface area contributed by atoms with Gasteiger partial charge in [-0.05, 0) is 43.9 Å². The van der Waals surface area contributed by atoms with Gasteiger partial charge in [0, 0.05) is 13.1 Å². The summed E-state index contributed by atoms with van der Waals surface area (Å²) in [6.07, 6.45) is 10.1. The minimum atomic E-state index is -0.0729. The predicted molar refractivity (Wildman–Crippen MR) is 90.4 cm³/mol. The van der Waals surface area contributed by atoms with Crippen LogP contribution in [0.4, 0.5) is 0 Å². The van der Waals surface area contributed by atoms with Gasteiger partial charge in [-0.3, -0.25) is 4.79 Å². The molecule has 1 aliphatic carbocycles. The summed E-state index contributed by atoms with van der Waals surface area (Å²) in [5.74, 6) is 0.895. The molecule has 1 atom stereocenters. The van der Waals surface area contributed by atoms with E-state index >= 15 is 0 Å². The zero-order chi connectivity index (χ0) is 15.7. The maximum Gasteiger partial charge on any atom is 0.236 e. The quantitative estimate of drug-likeness (QED) is 0.601. The Kier molecular flexibility index (Phi) is 8.31. The highest BCUT2D eigenvalue weighted by Gasteiger charge is 2.34. The Hall–Kier alpha value is -0.570. The Morgan fingerprint density at radius 2 is 1.81 bits per heavy atom. The van der Waals surface area contributed by atoms with Crippen molar-refractivity contribution in [3.05, 3.63) is 0 Å². The first-order chi connectivity index (χ1) is 9.99. The van der Waals surface area contributed by atoms with E-state index in [1.807, 2.05) is 6.92 Å². The van der Waals surface area contributed by atoms with E-state index in [0.717, 1.165) is 25.4 Å². The zero-order valence-corrected chi connectivity index (χ0v) is 14.6. The lowest BCUT2D eigenvalue weighted by molar-refractivity contribution is -0.122. The van der Waals surface area contributed by atoms with Gasteiger partial charge < -0.3 is 10.6 Å². The van der Waals surface area contributed by atoms with Gasteiger partial charge in [0.25, 0.3) is 0 Å². The second-order valence-corrected chi connectivity index (χ2v) is 7.41. The van der Waals surface area contributed by atoms with Crippen LogP contribution in [0.3, 0.4) is 0 Å². The highest BCUT2D eigenvalue weighted by Crippen LogP contribution is 2.42. The van der Waals surface area contributed by atoms with Crippen LogP contribution in [0.2, 0.25) is 0 Å². The van der Waals surface area contributed by atoms with Crippen molar-refractivity contribution in [2.24, 2.45) is 11.3 Å². The predicted octanol–water partition coefficient (Wildman–Crippen LogP) is 3.88. The summed E-state index contributed by atoms with van der Waals surface area (Å²) in [6.45, 7) is 10.6. The minimum Gasteiger partial charge on any atom is -0.355 e. The monoisotopic (exact) mass is 296 g/mol. The van der Waals surface area contributed by atoms with E-state index in [1.165, 1.54) is 44.9 Å². The SMILES string of the molecule is CCCCCNC(=O)C(C)NCC1(CC(C)C)CCCC1. The molecule has 3 nitrogen and oxygen atoms in total. The molecule has 3 heteroatoms. The van der Waals surface area contributed by atoms with Gasteiger partial charge in [-0.1, -0.05) is 46.5 Å². The van der Waals surface area contributed by atoms with Crippen LogP contribution in [0.1, 0.15) is 79.1 Å². The number of nitrogens with one attached hydrogen (secondary N) is 2. The van der Waals surface area contributed by atoms with E-state index in [9.17, 15) is 4.79 Å². The molecule has 0 heterocycles. The molecule has 0 aromatic rings. The van der Waals surface area contributed by atoms with E-state index in [4.69, 9.17) is 0 Å². The Labute approximate surface area is 131 Å². The molecular weight excluding hydrogens is 260 g/mol. The first-order valence-electron chi connectivity index (χ1n) is 9.00. The second kappa shape index (κ2) is 9.45. The summed E-state index contributed by atoms with van der Waals surface area (Å²) < 4.78 is 0. The standard InChI is InChI=1S/C18H36N2O/c1-5-6-9-12-19-17(21)16(4)20-14-18(13-15(2)3)10-7-8-11-18/h15-16,20H,5-14H2,1-4H3,(H,19,21). The minimum absolute atomic E-state index is 0.0729. The third kappa shape index (κ3) is 6.82. The third-order valence-corrected chi connectivity index (χ3v) is 4.76. The average molecular weight is 296 g/mol. The summed E-state index contributed by atoms with van der Waals surface area (Å²) in [5.41, 5.74) is 0.435. The maximum atomic E-state index is 12.1. The van der Waals surface area contributed by atoms with Crippen LogP contribution >= 0.6 is 0 Å². The second-order valence-electron chi connectivity index (χ2n) is 7.41. The molecule has 124 valence electrons. The number of hydrogen-bond acceptors (Lipinski definition) is 2. The molecule has 1 saturated carbocycles. The van der Waals surface area contributed by atoms with Gasteiger partial charge in [-0.15, -0.1) is 0 Å². The Balaban J connectivity index is 2.32. The summed E-state index contributed by atoms with van der Waals surface area (Å²) in [5, 5.41) is 6.54. The average Bonchev–Trinajstić information content (AvgIpc) is 2.88. The van der Waals surface area contributed by atoms with Crippen molar-refractivity contribution in [2.75, 3.05) is 13.1 Å². The lowest BCUT2D eigenvalue weighted by Gasteiger charge is -2.32. The Morgan fingerprint density at radius 3 is 2.38 bits per heavy atom. The summed E-state index contributed by atoms with van der Waals surface area (Å²) >= 11 is 0. The van der Waals surface area contributed by atoms with Crippen molar-refractivity contribution in [3.63, 3.8) is 0 Å². The number of carbonyl (C=O) groups excluding carboxylic acids is 1. The number of amides is 1. The van der Waals surface area contributed by atoms with Crippen LogP contribution in [-0.2, 0) is 4.79 Å². The van der Waals surface area contributed by atoms with Crippen LogP contribution < -0.4 is 10.6 Å². The Morgan fingerprint density at radius 1 is 1.14 bits per heavy atom. The molecule has 0 aromatic carbocycles. The van der Waals surface area contributed by atoms with Gasteiger partial charge in [0.2, 0.25) is 5.91 Å². The lowest BCUT2D eigenvalue weighted by atomic mass is 9.78. The molecule has 1 fully saturated rings. The number of hydrogen-bond donors (Lipinski definition) is 2. The number of unbranched alkanes of at least 4 members (excludes halogenated alkanes) is 2. The third-order valence-electron chi connectivity index (χ3n) is 4.76. The van der Waals surface area contributed by atoms with E-state index in [2.05, 4.69) is 31.4 Å². The molecule has 0 bridgehead atoms. The number of carbonyl (C=O) groups is 1. The highest BCUT2D eigenvalue weighted by atomic mass is 16.2. The van der Waals surface area contributed by atoms with Gasteiger partial charge in [-0.25, -0.2) is 0 Å². The zero-order valence-electron chi connectivity index (χ0n) is 14.6. The van der Waals surface area contributed by atoms with Crippen molar-refractivity contribution in [3.8, 4) is 0 Å². The van der Waals surface area contributed by atoms with Gasteiger partial charge in [-0.2, -0.15) is 0 Å². The molecule has 0 spiro atoms. The molecule has 0 saturated heterocycles. The molecule has 1 unspecified atom stereocenters. The fraction of sp³-hybridized carbons (Fsp3) is 0.944. The first-order valence-corrected chi connectivity index (χ1v) is 9.00. The first kappa shape index (κ1) is 18.5. The Bertz CT molecular complexity index is 296. The smallest absolute Gasteiger partial charge is 0.236 e. The summed E-state index contributed by atoms with van der Waals surface area (Å²) in [6, 6.07) is -0.0729. The van der Waals surface area contributed by atoms with Crippen molar-refractivity contribution < 1.29 is 4.79 Å². The molecule has 0 aliphatic heterocycles. The molecule has 21 heavy (non-hydrogen) atoms. The molecule has 0 aromatic heterocycles. The largest absolute Gasteiger partial charge is 0.355 e. The van der Waals surface area contributed by atoms with Crippen LogP contribution in [0.5, 0.6) is 0 Å². The fourth-order valence-electron chi connectivity index (χ4n) is 3.65. The van der Waals surface area contributed by atoms with Crippen LogP contribution in [0, 0.1) is 11.3 Å². The molecule has 2 N–H and O–H groups in total. The molecule has 1 aliphatic rings. The van der Waals surface area contributed by atoms with E-state index in [1.54, 1.807) is 0 Å². The van der Waals surface area contributed by atoms with Gasteiger partial charge in [0.15, 0.2) is 0 Å². The van der Waals surface area contributed by atoms with Gasteiger partial charge in [0.05, 0.1) is 6.04 Å². The van der Waals surface area contributed by atoms with Crippen molar-refractivity contribution in [2.45, 2.75) is 85.1 Å². The van der Waals surface area contributed by atoms with Crippen molar-refractivity contribution in [1.29, 1.82) is 0 Å². The van der Waals surface area contributed by atoms with E-state index in [0.29, 0.717) is 5.41 Å². The topological polar surface area (TPSA) is 41.1 Å². The van der Waals surface area contributed by atoms with Crippen molar-refractivity contribution in [1.82, 2.24) is 10.6 Å². The summed E-state index contributed by atoms with van der Waals surface area (Å²) in [7, 11) is 0.